The first-order valence-electron chi connectivity index (χ1n) is 5.13. The van der Waals surface area contributed by atoms with Crippen molar-refractivity contribution in [2.24, 2.45) is 0 Å². The first-order chi connectivity index (χ1) is 8.34. The molecule has 100 valence electrons. The van der Waals surface area contributed by atoms with E-state index in [1.54, 1.807) is 0 Å². The number of carbonyl (C=O) groups is 1. The van der Waals surface area contributed by atoms with Crippen molar-refractivity contribution >= 4 is 15.9 Å². The fourth-order valence-electron chi connectivity index (χ4n) is 1.13. The first kappa shape index (κ1) is 14.5. The van der Waals surface area contributed by atoms with Crippen molar-refractivity contribution in [1.82, 2.24) is 14.6 Å². The van der Waals surface area contributed by atoms with E-state index < -0.39 is 21.9 Å². The van der Waals surface area contributed by atoms with Crippen LogP contribution in [0.3, 0.4) is 0 Å². The predicted molar refractivity (Wildman–Crippen MR) is 64.0 cm³/mol. The Balaban J connectivity index is 2.56. The number of nitrogens with zero attached hydrogens (tertiary/aromatic N) is 2. The number of sulfonamides is 1. The number of rotatable bonds is 5. The number of carbonyl (C=O) groups excluding carboxylic acids is 1. The molecule has 1 heterocycles. The Kier molecular flexibility index (Phi) is 4.74. The lowest BCUT2D eigenvalue weighted by Crippen LogP contribution is -2.34. The minimum atomic E-state index is -3.38. The molecule has 0 aromatic carbocycles. The Morgan fingerprint density at radius 3 is 2.72 bits per heavy atom. The molecular formula is C10H14FN3O3S. The second kappa shape index (κ2) is 5.87. The molecule has 0 aliphatic rings. The van der Waals surface area contributed by atoms with E-state index in [0.29, 0.717) is 0 Å². The number of aromatic nitrogens is 1. The molecule has 1 amide bonds. The van der Waals surface area contributed by atoms with Crippen molar-refractivity contribution in [1.29, 1.82) is 0 Å². The van der Waals surface area contributed by atoms with Crippen molar-refractivity contribution in [3.63, 3.8) is 0 Å². The van der Waals surface area contributed by atoms with Crippen LogP contribution >= 0.6 is 0 Å². The van der Waals surface area contributed by atoms with E-state index in [1.165, 1.54) is 32.4 Å². The Hall–Kier alpha value is -1.54. The number of pyridine rings is 1. The molecule has 1 aromatic heterocycles. The lowest BCUT2D eigenvalue weighted by Gasteiger charge is -2.11. The third-order valence-corrected chi connectivity index (χ3v) is 4.04. The highest BCUT2D eigenvalue weighted by molar-refractivity contribution is 7.89. The predicted octanol–water partition coefficient (Wildman–Crippen LogP) is -0.158. The molecule has 0 aliphatic heterocycles. The molecule has 0 radical (unpaired) electrons. The number of hydrogen-bond donors (Lipinski definition) is 1. The summed E-state index contributed by atoms with van der Waals surface area (Å²) in [5, 5.41) is 2.33. The lowest BCUT2D eigenvalue weighted by atomic mass is 10.2. The highest BCUT2D eigenvalue weighted by atomic mass is 32.2. The van der Waals surface area contributed by atoms with Gasteiger partial charge in [-0.2, -0.15) is 4.39 Å². The van der Waals surface area contributed by atoms with Crippen molar-refractivity contribution in [2.75, 3.05) is 26.4 Å². The summed E-state index contributed by atoms with van der Waals surface area (Å²) in [6.45, 7) is -0.0896. The molecule has 0 saturated heterocycles. The van der Waals surface area contributed by atoms with Crippen LogP contribution in [0.2, 0.25) is 0 Å². The fraction of sp³-hybridized carbons (Fsp3) is 0.400. The number of nitrogens with one attached hydrogen (secondary N) is 1. The molecule has 0 saturated carbocycles. The second-order valence-corrected chi connectivity index (χ2v) is 6.00. The largest absolute Gasteiger partial charge is 0.351 e. The lowest BCUT2D eigenvalue weighted by molar-refractivity contribution is 0.0951. The van der Waals surface area contributed by atoms with Gasteiger partial charge in [0, 0.05) is 26.8 Å². The van der Waals surface area contributed by atoms with Crippen LogP contribution in [0.25, 0.3) is 0 Å². The van der Waals surface area contributed by atoms with Crippen LogP contribution in [0.1, 0.15) is 10.4 Å². The molecule has 0 aliphatic carbocycles. The Morgan fingerprint density at radius 2 is 2.17 bits per heavy atom. The molecule has 18 heavy (non-hydrogen) atoms. The number of hydrogen-bond acceptors (Lipinski definition) is 4. The van der Waals surface area contributed by atoms with Gasteiger partial charge in [0.1, 0.15) is 0 Å². The first-order valence-corrected chi connectivity index (χ1v) is 6.74. The molecule has 0 fully saturated rings. The highest BCUT2D eigenvalue weighted by Crippen LogP contribution is 2.02. The fourth-order valence-corrected chi connectivity index (χ4v) is 1.85. The Labute approximate surface area is 105 Å². The third-order valence-electron chi connectivity index (χ3n) is 2.21. The molecule has 6 nitrogen and oxygen atoms in total. The summed E-state index contributed by atoms with van der Waals surface area (Å²) in [7, 11) is -0.575. The van der Waals surface area contributed by atoms with Gasteiger partial charge in [-0.3, -0.25) is 4.79 Å². The maximum Gasteiger partial charge on any atom is 0.255 e. The van der Waals surface area contributed by atoms with Crippen LogP contribution in [0.15, 0.2) is 18.3 Å². The Morgan fingerprint density at radius 1 is 1.50 bits per heavy atom. The maximum atomic E-state index is 13.1. The molecule has 0 atom stereocenters. The zero-order chi connectivity index (χ0) is 13.8. The van der Waals surface area contributed by atoms with Crippen LogP contribution in [-0.4, -0.2) is 50.0 Å². The average molecular weight is 275 g/mol. The standard InChI is InChI=1S/C10H14FN3O3S/c1-14(2)18(16,17)7-6-13-10(15)8-4-3-5-12-9(8)11/h3-5H,6-7H2,1-2H3,(H,13,15). The van der Waals surface area contributed by atoms with Gasteiger partial charge < -0.3 is 5.32 Å². The van der Waals surface area contributed by atoms with Crippen molar-refractivity contribution in [3.05, 3.63) is 29.8 Å². The molecule has 1 aromatic rings. The van der Waals surface area contributed by atoms with Crippen LogP contribution in [0, 0.1) is 5.95 Å². The van der Waals surface area contributed by atoms with Crippen LogP contribution < -0.4 is 5.32 Å². The second-order valence-electron chi connectivity index (χ2n) is 3.70. The maximum absolute atomic E-state index is 13.1. The van der Waals surface area contributed by atoms with Gasteiger partial charge in [0.05, 0.1) is 11.3 Å². The molecule has 0 bridgehead atoms. The van der Waals surface area contributed by atoms with E-state index in [0.717, 1.165) is 4.31 Å². The van der Waals surface area contributed by atoms with Crippen LogP contribution in [0.5, 0.6) is 0 Å². The van der Waals surface area contributed by atoms with Crippen molar-refractivity contribution in [3.8, 4) is 0 Å². The van der Waals surface area contributed by atoms with Crippen molar-refractivity contribution in [2.45, 2.75) is 0 Å². The van der Waals surface area contributed by atoms with Gasteiger partial charge in [0.15, 0.2) is 0 Å². The Bertz CT molecular complexity index is 531. The van der Waals surface area contributed by atoms with Gasteiger partial charge in [-0.05, 0) is 12.1 Å². The summed E-state index contributed by atoms with van der Waals surface area (Å²) in [4.78, 5) is 14.9. The summed E-state index contributed by atoms with van der Waals surface area (Å²) in [5.74, 6) is -1.81. The van der Waals surface area contributed by atoms with E-state index in [-0.39, 0.29) is 17.9 Å². The normalized spacial score (nSPS) is 11.6. The summed E-state index contributed by atoms with van der Waals surface area (Å²) < 4.78 is 37.0. The smallest absolute Gasteiger partial charge is 0.255 e. The van der Waals surface area contributed by atoms with Gasteiger partial charge in [0.25, 0.3) is 5.91 Å². The van der Waals surface area contributed by atoms with E-state index in [9.17, 15) is 17.6 Å². The molecule has 8 heteroatoms. The number of halogens is 1. The minimum absolute atomic E-state index is 0.0896. The zero-order valence-corrected chi connectivity index (χ0v) is 10.9. The summed E-state index contributed by atoms with van der Waals surface area (Å²) >= 11 is 0. The quantitative estimate of drug-likeness (QED) is 0.757. The average Bonchev–Trinajstić information content (AvgIpc) is 2.29. The van der Waals surface area contributed by atoms with E-state index in [4.69, 9.17) is 0 Å². The SMILES string of the molecule is CN(C)S(=O)(=O)CCNC(=O)c1cccnc1F. The van der Waals surface area contributed by atoms with Crippen LogP contribution in [-0.2, 0) is 10.0 Å². The van der Waals surface area contributed by atoms with E-state index in [1.807, 2.05) is 0 Å². The summed E-state index contributed by atoms with van der Waals surface area (Å²) in [5.41, 5.74) is -0.209. The zero-order valence-electron chi connectivity index (χ0n) is 10.1. The van der Waals surface area contributed by atoms with Crippen molar-refractivity contribution < 1.29 is 17.6 Å². The van der Waals surface area contributed by atoms with Crippen LogP contribution in [0.4, 0.5) is 4.39 Å². The molecule has 0 unspecified atom stereocenters. The summed E-state index contributed by atoms with van der Waals surface area (Å²) in [6, 6.07) is 2.70. The van der Waals surface area contributed by atoms with Gasteiger partial charge in [-0.1, -0.05) is 0 Å². The number of amides is 1. The topological polar surface area (TPSA) is 79.4 Å². The summed E-state index contributed by atoms with van der Waals surface area (Å²) in [6.07, 6.45) is 1.22. The van der Waals surface area contributed by atoms with Gasteiger partial charge in [0.2, 0.25) is 16.0 Å². The van der Waals surface area contributed by atoms with Gasteiger partial charge in [-0.15, -0.1) is 0 Å². The molecule has 1 N–H and O–H groups in total. The van der Waals surface area contributed by atoms with Gasteiger partial charge in [-0.25, -0.2) is 17.7 Å². The van der Waals surface area contributed by atoms with E-state index >= 15 is 0 Å². The van der Waals surface area contributed by atoms with E-state index in [2.05, 4.69) is 10.3 Å². The molecular weight excluding hydrogens is 261 g/mol. The highest BCUT2D eigenvalue weighted by Gasteiger charge is 2.15. The monoisotopic (exact) mass is 275 g/mol. The minimum Gasteiger partial charge on any atom is -0.351 e. The molecule has 0 spiro atoms. The molecule has 1 rings (SSSR count). The third kappa shape index (κ3) is 3.74. The van der Waals surface area contributed by atoms with Gasteiger partial charge >= 0.3 is 0 Å².